The number of hydrogen-bond donors (Lipinski definition) is 2. The van der Waals surface area contributed by atoms with Crippen molar-refractivity contribution in [1.82, 2.24) is 29.8 Å². The molecule has 6 atom stereocenters. The van der Waals surface area contributed by atoms with Gasteiger partial charge in [0.15, 0.2) is 0 Å². The molecule has 1 aliphatic carbocycles. The van der Waals surface area contributed by atoms with Crippen LogP contribution in [0.15, 0.2) is 176 Å². The smallest absolute Gasteiger partial charge is 0.310 e. The van der Waals surface area contributed by atoms with E-state index in [1.165, 1.54) is 69.5 Å². The molecule has 15 nitrogen and oxygen atoms in total. The quantitative estimate of drug-likeness (QED) is 0.0368. The predicted octanol–water partition coefficient (Wildman–Crippen LogP) is 12.0. The second-order valence-electron chi connectivity index (χ2n) is 25.2. The lowest BCUT2D eigenvalue weighted by Crippen LogP contribution is -2.26. The molecule has 6 heterocycles. The summed E-state index contributed by atoms with van der Waals surface area (Å²) in [5, 5.41) is 20.9. The summed E-state index contributed by atoms with van der Waals surface area (Å²) in [7, 11) is 4.25. The van der Waals surface area contributed by atoms with Gasteiger partial charge in [0, 0.05) is 104 Å². The van der Waals surface area contributed by atoms with Gasteiger partial charge in [-0.1, -0.05) is 176 Å². The molecule has 1 amide bonds. The van der Waals surface area contributed by atoms with Crippen LogP contribution in [0.4, 0.5) is 0 Å². The number of benzene rings is 5. The van der Waals surface area contributed by atoms with E-state index in [-0.39, 0.29) is 36.2 Å². The normalized spacial score (nSPS) is 21.5. The van der Waals surface area contributed by atoms with E-state index in [1.807, 2.05) is 48.5 Å². The monoisotopic (exact) mass is 1290 g/mol. The Bertz CT molecular complexity index is 2870. The molecule has 5 aromatic rings. The molecule has 16 heteroatoms. The van der Waals surface area contributed by atoms with Gasteiger partial charge >= 0.3 is 17.9 Å². The van der Waals surface area contributed by atoms with Gasteiger partial charge in [-0.2, -0.15) is 5.26 Å². The summed E-state index contributed by atoms with van der Waals surface area (Å²) in [5.41, 5.74) is 6.56. The number of esters is 3. The van der Waals surface area contributed by atoms with Crippen molar-refractivity contribution in [3.05, 3.63) is 204 Å². The molecular formula is C77H104ClN7O8. The summed E-state index contributed by atoms with van der Waals surface area (Å²) >= 11 is 5.85. The van der Waals surface area contributed by atoms with Crippen LogP contribution < -0.4 is 5.32 Å². The molecule has 7 aliphatic rings. The Balaban J connectivity index is 0.000000175. The highest BCUT2D eigenvalue weighted by Gasteiger charge is 2.35. The average Bonchev–Trinajstić information content (AvgIpc) is 2.24. The van der Waals surface area contributed by atoms with Crippen LogP contribution >= 0.6 is 11.6 Å². The first-order valence-corrected chi connectivity index (χ1v) is 34.1. The summed E-state index contributed by atoms with van der Waals surface area (Å²) < 4.78 is 13.9. The number of halogens is 1. The number of allylic oxidation sites excluding steroid dienone is 4. The van der Waals surface area contributed by atoms with Gasteiger partial charge in [0.2, 0.25) is 5.91 Å². The number of likely N-dealkylation sites (tertiary alicyclic amines) is 5. The van der Waals surface area contributed by atoms with Crippen LogP contribution in [0.25, 0.3) is 0 Å². The average molecular weight is 1290 g/mol. The highest BCUT2D eigenvalue weighted by atomic mass is 35.5. The van der Waals surface area contributed by atoms with Crippen LogP contribution in [0.2, 0.25) is 0 Å². The number of methoxy groups -OCH3 is 3. The van der Waals surface area contributed by atoms with Crippen molar-refractivity contribution < 1.29 is 38.5 Å². The van der Waals surface area contributed by atoms with E-state index in [2.05, 4.69) is 168 Å². The summed E-state index contributed by atoms with van der Waals surface area (Å²) in [5.74, 6) is 2.82. The first-order valence-electron chi connectivity index (χ1n) is 33.6. The number of hydrogen-bond acceptors (Lipinski definition) is 14. The number of ether oxygens (including phenoxy) is 3. The molecule has 0 spiro atoms. The Morgan fingerprint density at radius 3 is 1.24 bits per heavy atom. The van der Waals surface area contributed by atoms with E-state index in [1.54, 1.807) is 4.90 Å². The van der Waals surface area contributed by atoms with E-state index in [9.17, 15) is 19.2 Å². The standard InChI is InChI=1S/C14H19NO2.C13H16N2.C13H15NO3.C12H16ClN.C12H17NO.C7H13NO2.C6H8/c1-17-14(16)9-13-7-8-15(11-13)10-12-5-3-2-4-6-12;14-8-6-13-7-9-15(11-13)10-12-4-2-1-3-5-12;1-17-13(16)11-7-12(15)14(9-11)8-10-5-3-2-4-6-10;13-8-12-6-7-14(10-12)9-11-4-2-1-3-5-11;14-10-12-6-7-13(9-12)8-11-4-2-1-3-5-11;1-10-7(9)4-6-2-3-8-5-6;1-2-4-6-5-3-1/h2-6,13H,7-11H2,1H3;1-5,13H,6-7,9-11H2;2-6,11H,7-9H2,1H3;1-5,12H,6-10H2;1-5,12,14H,6-10H2;6,8H,2-5H2,1H3;1-2,5-6H,3-4H2. The predicted molar refractivity (Wildman–Crippen MR) is 371 cm³/mol. The summed E-state index contributed by atoms with van der Waals surface area (Å²) in [4.78, 5) is 56.4. The van der Waals surface area contributed by atoms with Crippen molar-refractivity contribution in [3.8, 4) is 6.07 Å². The topological polar surface area (TPSA) is 168 Å². The minimum atomic E-state index is -0.309. The van der Waals surface area contributed by atoms with Crippen LogP contribution in [-0.2, 0) is 66.1 Å². The third-order valence-electron chi connectivity index (χ3n) is 17.7. The lowest BCUT2D eigenvalue weighted by molar-refractivity contribution is -0.145. The molecule has 2 N–H and O–H groups in total. The molecule has 0 bridgehead atoms. The molecule has 6 fully saturated rings. The first-order chi connectivity index (χ1) is 45.4. The Morgan fingerprint density at radius 1 is 0.505 bits per heavy atom. The zero-order valence-electron chi connectivity index (χ0n) is 55.6. The number of nitrogens with zero attached hydrogens (tertiary/aromatic N) is 6. The van der Waals surface area contributed by atoms with E-state index in [4.69, 9.17) is 26.7 Å². The van der Waals surface area contributed by atoms with Gasteiger partial charge in [-0.25, -0.2) is 0 Å². The first kappa shape index (κ1) is 75.0. The maximum absolute atomic E-state index is 11.7. The second-order valence-corrected chi connectivity index (χ2v) is 25.5. The van der Waals surface area contributed by atoms with E-state index in [0.717, 1.165) is 122 Å². The molecule has 5 aromatic carbocycles. The van der Waals surface area contributed by atoms with Gasteiger partial charge in [-0.05, 0) is 142 Å². The van der Waals surface area contributed by atoms with Crippen molar-refractivity contribution in [2.45, 2.75) is 103 Å². The largest absolute Gasteiger partial charge is 0.469 e. The number of alkyl halides is 1. The zero-order chi connectivity index (χ0) is 66.1. The second kappa shape index (κ2) is 44.6. The van der Waals surface area contributed by atoms with E-state index < -0.39 is 0 Å². The third-order valence-corrected chi connectivity index (χ3v) is 18.1. The third kappa shape index (κ3) is 30.3. The fourth-order valence-corrected chi connectivity index (χ4v) is 12.7. The molecular weight excluding hydrogens is 1190 g/mol. The van der Waals surface area contributed by atoms with Crippen molar-refractivity contribution in [3.63, 3.8) is 0 Å². The SMILES string of the molecule is C1=CCC=CC1.COC(=O)C1CC(=O)N(Cc2ccccc2)C1.COC(=O)CC1CCN(Cc2ccccc2)C1.COC(=O)CC1CCNC1.ClCC1CCN(Cc2ccccc2)C1.N#CCC1CCN(Cc2ccccc2)C1.OCC1CCN(Cc2ccccc2)C1. The molecule has 6 unspecified atom stereocenters. The number of nitrogens with one attached hydrogen (secondary N) is 1. The van der Waals surface area contributed by atoms with Crippen LogP contribution in [0.5, 0.6) is 0 Å². The molecule has 0 saturated carbocycles. The summed E-state index contributed by atoms with van der Waals surface area (Å²) in [6.07, 6.45) is 18.9. The molecule has 93 heavy (non-hydrogen) atoms. The fraction of sp³-hybridized carbons (Fsp3) is 0.494. The van der Waals surface area contributed by atoms with Gasteiger partial charge in [-0.3, -0.25) is 38.8 Å². The van der Waals surface area contributed by atoms with E-state index >= 15 is 0 Å². The number of rotatable bonds is 18. The number of amides is 1. The van der Waals surface area contributed by atoms with Gasteiger partial charge in [0.1, 0.15) is 0 Å². The number of carbonyl (C=O) groups excluding carboxylic acids is 4. The maximum atomic E-state index is 11.7. The van der Waals surface area contributed by atoms with Crippen LogP contribution in [0.1, 0.15) is 98.4 Å². The fourth-order valence-electron chi connectivity index (χ4n) is 12.5. The lowest BCUT2D eigenvalue weighted by atomic mass is 10.1. The Labute approximate surface area is 560 Å². The van der Waals surface area contributed by atoms with Crippen LogP contribution in [0, 0.1) is 46.8 Å². The van der Waals surface area contributed by atoms with Gasteiger partial charge in [0.25, 0.3) is 0 Å². The minimum absolute atomic E-state index is 0.0178. The summed E-state index contributed by atoms with van der Waals surface area (Å²) in [6, 6.07) is 54.2. The Kier molecular flexibility index (Phi) is 36.0. The van der Waals surface area contributed by atoms with Gasteiger partial charge < -0.3 is 29.5 Å². The molecule has 0 aromatic heterocycles. The Hall–Kier alpha value is -7.00. The Morgan fingerprint density at radius 2 is 0.882 bits per heavy atom. The zero-order valence-corrected chi connectivity index (χ0v) is 56.3. The summed E-state index contributed by atoms with van der Waals surface area (Å²) in [6.45, 7) is 16.3. The van der Waals surface area contributed by atoms with Crippen LogP contribution in [-0.4, -0.2) is 159 Å². The van der Waals surface area contributed by atoms with Crippen molar-refractivity contribution in [1.29, 1.82) is 5.26 Å². The minimum Gasteiger partial charge on any atom is -0.469 e. The molecule has 0 radical (unpaired) electrons. The highest BCUT2D eigenvalue weighted by molar-refractivity contribution is 6.18. The van der Waals surface area contributed by atoms with Gasteiger partial charge in [-0.15, -0.1) is 11.6 Å². The van der Waals surface area contributed by atoms with Crippen molar-refractivity contribution >= 4 is 35.4 Å². The number of carbonyl (C=O) groups is 4. The highest BCUT2D eigenvalue weighted by Crippen LogP contribution is 2.25. The molecule has 502 valence electrons. The van der Waals surface area contributed by atoms with Crippen molar-refractivity contribution in [2.75, 3.05) is 106 Å². The maximum Gasteiger partial charge on any atom is 0.310 e. The molecule has 6 saturated heterocycles. The molecule has 12 rings (SSSR count). The number of aliphatic hydroxyl groups excluding tert-OH is 1. The van der Waals surface area contributed by atoms with Gasteiger partial charge in [0.05, 0.1) is 33.3 Å². The van der Waals surface area contributed by atoms with Crippen LogP contribution in [0.3, 0.4) is 0 Å². The van der Waals surface area contributed by atoms with E-state index in [0.29, 0.717) is 68.5 Å². The van der Waals surface area contributed by atoms with Crippen molar-refractivity contribution in [2.24, 2.45) is 35.5 Å². The number of aliphatic hydroxyl groups is 1. The number of nitriles is 1. The lowest BCUT2D eigenvalue weighted by Gasteiger charge is -2.16. The molecule has 6 aliphatic heterocycles.